The fraction of sp³-hybridized carbons (Fsp3) is 0.316. The van der Waals surface area contributed by atoms with Crippen LogP contribution < -0.4 is 5.32 Å². The molecule has 7 nitrogen and oxygen atoms in total. The summed E-state index contributed by atoms with van der Waals surface area (Å²) in [6.07, 6.45) is 4.24. The third-order valence-electron chi connectivity index (χ3n) is 4.63. The molecule has 0 saturated heterocycles. The van der Waals surface area contributed by atoms with Crippen molar-refractivity contribution in [2.24, 2.45) is 0 Å². The molecule has 0 unspecified atom stereocenters. The lowest BCUT2D eigenvalue weighted by molar-refractivity contribution is -0.116. The van der Waals surface area contributed by atoms with Gasteiger partial charge in [-0.05, 0) is 60.7 Å². The lowest BCUT2D eigenvalue weighted by Gasteiger charge is -2.09. The van der Waals surface area contributed by atoms with Crippen LogP contribution in [0.5, 0.6) is 0 Å². The van der Waals surface area contributed by atoms with Crippen LogP contribution >= 0.6 is 11.3 Å². The number of nitrogens with zero attached hydrogens (tertiary/aromatic N) is 5. The molecule has 1 aliphatic rings. The van der Waals surface area contributed by atoms with E-state index in [1.807, 2.05) is 0 Å². The van der Waals surface area contributed by atoms with Crippen LogP contribution in [-0.4, -0.2) is 26.1 Å². The molecular weight excluding hydrogens is 379 g/mol. The third kappa shape index (κ3) is 3.77. The Morgan fingerprint density at radius 3 is 2.86 bits per heavy atom. The monoisotopic (exact) mass is 396 g/mol. The Labute approximate surface area is 164 Å². The minimum absolute atomic E-state index is 0.159. The van der Waals surface area contributed by atoms with Crippen LogP contribution in [0.4, 0.5) is 9.39 Å². The summed E-state index contributed by atoms with van der Waals surface area (Å²) in [6.45, 7) is 0.257. The zero-order chi connectivity index (χ0) is 19.5. The molecule has 4 rings (SSSR count). The van der Waals surface area contributed by atoms with Crippen LogP contribution in [0.1, 0.15) is 35.3 Å². The molecule has 142 valence electrons. The minimum Gasteiger partial charge on any atom is -0.317 e. The van der Waals surface area contributed by atoms with E-state index in [1.165, 1.54) is 33.1 Å². The fourth-order valence-corrected chi connectivity index (χ4v) is 4.47. The second-order valence-corrected chi connectivity index (χ2v) is 7.65. The summed E-state index contributed by atoms with van der Waals surface area (Å²) in [5, 5.41) is 25.0. The van der Waals surface area contributed by atoms with Gasteiger partial charge in [0.05, 0.1) is 12.1 Å². The van der Waals surface area contributed by atoms with E-state index in [4.69, 9.17) is 0 Å². The van der Waals surface area contributed by atoms with E-state index >= 15 is 0 Å². The van der Waals surface area contributed by atoms with Gasteiger partial charge in [-0.2, -0.15) is 10.1 Å². The molecular formula is C19H17FN6OS. The highest BCUT2D eigenvalue weighted by molar-refractivity contribution is 7.16. The topological polar surface area (TPSA) is 96.5 Å². The van der Waals surface area contributed by atoms with Gasteiger partial charge in [0.1, 0.15) is 16.9 Å². The van der Waals surface area contributed by atoms with Gasteiger partial charge in [0.2, 0.25) is 11.7 Å². The van der Waals surface area contributed by atoms with Gasteiger partial charge in [-0.15, -0.1) is 21.5 Å². The number of carbonyl (C=O) groups excluding carboxylic acids is 1. The number of nitriles is 1. The van der Waals surface area contributed by atoms with E-state index in [-0.39, 0.29) is 24.7 Å². The van der Waals surface area contributed by atoms with Crippen LogP contribution in [0, 0.1) is 17.1 Å². The molecule has 1 aromatic carbocycles. The zero-order valence-corrected chi connectivity index (χ0v) is 15.8. The lowest BCUT2D eigenvalue weighted by Crippen LogP contribution is -2.15. The van der Waals surface area contributed by atoms with Crippen molar-refractivity contribution in [3.63, 3.8) is 0 Å². The molecule has 2 heterocycles. The second kappa shape index (κ2) is 7.86. The van der Waals surface area contributed by atoms with E-state index in [0.717, 1.165) is 31.2 Å². The summed E-state index contributed by atoms with van der Waals surface area (Å²) in [6, 6.07) is 8.05. The largest absolute Gasteiger partial charge is 0.317 e. The number of benzene rings is 1. The molecule has 0 bridgehead atoms. The lowest BCUT2D eigenvalue weighted by atomic mass is 9.96. The number of aryl methyl sites for hydroxylation is 2. The first-order valence-electron chi connectivity index (χ1n) is 9.02. The first kappa shape index (κ1) is 18.3. The smallest absolute Gasteiger partial charge is 0.226 e. The molecule has 28 heavy (non-hydrogen) atoms. The van der Waals surface area contributed by atoms with Gasteiger partial charge in [-0.25, -0.2) is 4.39 Å². The van der Waals surface area contributed by atoms with E-state index < -0.39 is 0 Å². The van der Waals surface area contributed by atoms with Crippen molar-refractivity contribution in [2.75, 3.05) is 5.32 Å². The van der Waals surface area contributed by atoms with Gasteiger partial charge in [0.15, 0.2) is 0 Å². The Morgan fingerprint density at radius 2 is 2.07 bits per heavy atom. The van der Waals surface area contributed by atoms with Gasteiger partial charge in [-0.1, -0.05) is 0 Å². The average Bonchev–Trinajstić information content (AvgIpc) is 3.31. The Bertz CT molecular complexity index is 1050. The van der Waals surface area contributed by atoms with Crippen molar-refractivity contribution >= 4 is 22.2 Å². The quantitative estimate of drug-likeness (QED) is 0.714. The normalized spacial score (nSPS) is 13.0. The first-order valence-corrected chi connectivity index (χ1v) is 9.84. The summed E-state index contributed by atoms with van der Waals surface area (Å²) in [5.74, 6) is -0.159. The maximum absolute atomic E-state index is 13.0. The molecule has 0 radical (unpaired) electrons. The number of tetrazole rings is 1. The highest BCUT2D eigenvalue weighted by Gasteiger charge is 2.21. The predicted molar refractivity (Wildman–Crippen MR) is 102 cm³/mol. The van der Waals surface area contributed by atoms with Crippen LogP contribution in [-0.2, 0) is 24.2 Å². The van der Waals surface area contributed by atoms with E-state index in [1.54, 1.807) is 12.1 Å². The summed E-state index contributed by atoms with van der Waals surface area (Å²) < 4.78 is 13.0. The van der Waals surface area contributed by atoms with Gasteiger partial charge in [0.25, 0.3) is 0 Å². The van der Waals surface area contributed by atoms with E-state index in [9.17, 15) is 14.4 Å². The molecule has 3 aromatic rings. The molecule has 1 amide bonds. The Morgan fingerprint density at radius 1 is 1.29 bits per heavy atom. The average molecular weight is 396 g/mol. The van der Waals surface area contributed by atoms with E-state index in [0.29, 0.717) is 22.0 Å². The number of thiophene rings is 1. The van der Waals surface area contributed by atoms with Gasteiger partial charge in [0, 0.05) is 16.9 Å². The maximum Gasteiger partial charge on any atom is 0.226 e. The van der Waals surface area contributed by atoms with Crippen molar-refractivity contribution in [3.8, 4) is 17.5 Å². The number of rotatable bonds is 5. The summed E-state index contributed by atoms with van der Waals surface area (Å²) in [7, 11) is 0. The molecule has 1 N–H and O–H groups in total. The van der Waals surface area contributed by atoms with Crippen molar-refractivity contribution < 1.29 is 9.18 Å². The molecule has 0 spiro atoms. The minimum atomic E-state index is -0.334. The van der Waals surface area contributed by atoms with Crippen molar-refractivity contribution in [3.05, 3.63) is 46.1 Å². The molecule has 1 aliphatic carbocycles. The number of halogens is 1. The highest BCUT2D eigenvalue weighted by atomic mass is 32.1. The number of fused-ring (bicyclic) bond motifs is 1. The molecule has 0 aliphatic heterocycles. The van der Waals surface area contributed by atoms with E-state index in [2.05, 4.69) is 26.8 Å². The molecule has 9 heteroatoms. The van der Waals surface area contributed by atoms with Gasteiger partial charge >= 0.3 is 0 Å². The molecule has 0 atom stereocenters. The number of carbonyl (C=O) groups is 1. The Balaban J connectivity index is 1.38. The van der Waals surface area contributed by atoms with Crippen molar-refractivity contribution in [1.29, 1.82) is 5.26 Å². The molecule has 2 aromatic heterocycles. The summed E-state index contributed by atoms with van der Waals surface area (Å²) in [5.41, 5.74) is 2.35. The Kier molecular flexibility index (Phi) is 5.12. The summed E-state index contributed by atoms with van der Waals surface area (Å²) >= 11 is 1.50. The number of nitrogens with one attached hydrogen (secondary N) is 1. The predicted octanol–water partition coefficient (Wildman–Crippen LogP) is 3.32. The first-order chi connectivity index (χ1) is 13.6. The fourth-order valence-electron chi connectivity index (χ4n) is 3.22. The van der Waals surface area contributed by atoms with Gasteiger partial charge < -0.3 is 5.32 Å². The van der Waals surface area contributed by atoms with Crippen LogP contribution in [0.15, 0.2) is 24.3 Å². The van der Waals surface area contributed by atoms with Crippen LogP contribution in [0.3, 0.4) is 0 Å². The maximum atomic E-state index is 13.0. The van der Waals surface area contributed by atoms with Crippen molar-refractivity contribution in [1.82, 2.24) is 20.2 Å². The van der Waals surface area contributed by atoms with Crippen LogP contribution in [0.25, 0.3) is 11.4 Å². The van der Waals surface area contributed by atoms with Crippen LogP contribution in [0.2, 0.25) is 0 Å². The molecule has 0 fully saturated rings. The van der Waals surface area contributed by atoms with Gasteiger partial charge in [-0.3, -0.25) is 4.79 Å². The third-order valence-corrected chi connectivity index (χ3v) is 5.84. The number of aromatic nitrogens is 4. The number of amides is 1. The number of hydrogen-bond acceptors (Lipinski definition) is 6. The number of anilines is 1. The molecule has 0 saturated carbocycles. The highest BCUT2D eigenvalue weighted by Crippen LogP contribution is 2.37. The number of hydrogen-bond donors (Lipinski definition) is 1. The van der Waals surface area contributed by atoms with Crippen molar-refractivity contribution in [2.45, 2.75) is 38.6 Å². The summed E-state index contributed by atoms with van der Waals surface area (Å²) in [4.78, 5) is 14.9. The SMILES string of the molecule is N#Cc1c(NC(=O)CCn2nnc(-c3ccc(F)cc3)n2)sc2c1CCCC2. The second-order valence-electron chi connectivity index (χ2n) is 6.54. The zero-order valence-electron chi connectivity index (χ0n) is 15.0. The Hall–Kier alpha value is -3.12. The standard InChI is InChI=1S/C19H17FN6OS/c20-13-7-5-12(6-8-13)18-23-25-26(24-18)10-9-17(27)22-19-15(11-21)14-3-1-2-4-16(14)28-19/h5-8H,1-4,9-10H2,(H,22,27).